The van der Waals surface area contributed by atoms with Gasteiger partial charge in [0.1, 0.15) is 11.6 Å². The van der Waals surface area contributed by atoms with Crippen LogP contribution in [0, 0.1) is 25.2 Å². The molecule has 1 aromatic heterocycles. The molecule has 146 valence electrons. The fourth-order valence-electron chi connectivity index (χ4n) is 2.99. The van der Waals surface area contributed by atoms with E-state index in [-0.39, 0.29) is 5.57 Å². The predicted octanol–water partition coefficient (Wildman–Crippen LogP) is 6.71. The van der Waals surface area contributed by atoms with Gasteiger partial charge in [-0.15, -0.1) is 0 Å². The van der Waals surface area contributed by atoms with Crippen LogP contribution in [-0.4, -0.2) is 10.5 Å². The standard InChI is InChI=1S/C22H16BrCl2N3O/c1-13-9-15(14(2)28(13)19-7-8-20(24)21(25)11-19)10-16(12-26)22(29)27-18-5-3-17(23)4-6-18/h3-11H,1-2H3,(H,27,29)/b16-10+. The third-order valence-electron chi connectivity index (χ3n) is 4.40. The molecule has 1 heterocycles. The Hall–Kier alpha value is -2.52. The first-order chi connectivity index (χ1) is 13.8. The lowest BCUT2D eigenvalue weighted by molar-refractivity contribution is -0.112. The second-order valence-corrected chi connectivity index (χ2v) is 8.12. The largest absolute Gasteiger partial charge is 0.321 e. The molecule has 1 amide bonds. The van der Waals surface area contributed by atoms with Crippen molar-refractivity contribution in [3.63, 3.8) is 0 Å². The summed E-state index contributed by atoms with van der Waals surface area (Å²) in [7, 11) is 0. The van der Waals surface area contributed by atoms with E-state index in [0.717, 1.165) is 27.1 Å². The topological polar surface area (TPSA) is 57.8 Å². The number of nitrogens with one attached hydrogen (secondary N) is 1. The lowest BCUT2D eigenvalue weighted by atomic mass is 10.1. The molecular formula is C22H16BrCl2N3O. The minimum atomic E-state index is -0.464. The third-order valence-corrected chi connectivity index (χ3v) is 5.67. The van der Waals surface area contributed by atoms with Crippen LogP contribution in [0.4, 0.5) is 5.69 Å². The Labute approximate surface area is 187 Å². The van der Waals surface area contributed by atoms with Crippen molar-refractivity contribution >= 4 is 56.8 Å². The number of aryl methyl sites for hydroxylation is 1. The monoisotopic (exact) mass is 487 g/mol. The van der Waals surface area contributed by atoms with Gasteiger partial charge in [0.05, 0.1) is 10.0 Å². The van der Waals surface area contributed by atoms with Crippen molar-refractivity contribution in [1.82, 2.24) is 4.57 Å². The number of halogens is 3. The highest BCUT2D eigenvalue weighted by Crippen LogP contribution is 2.28. The van der Waals surface area contributed by atoms with Crippen molar-refractivity contribution in [2.75, 3.05) is 5.32 Å². The second kappa shape index (κ2) is 8.87. The summed E-state index contributed by atoms with van der Waals surface area (Å²) < 4.78 is 2.90. The third kappa shape index (κ3) is 4.73. The fourth-order valence-corrected chi connectivity index (χ4v) is 3.55. The molecule has 0 aliphatic heterocycles. The number of nitrogens with zero attached hydrogens (tertiary/aromatic N) is 2. The van der Waals surface area contributed by atoms with Crippen LogP contribution in [0.3, 0.4) is 0 Å². The number of carbonyl (C=O) groups is 1. The smallest absolute Gasteiger partial charge is 0.266 e. The molecular weight excluding hydrogens is 473 g/mol. The molecule has 29 heavy (non-hydrogen) atoms. The van der Waals surface area contributed by atoms with Gasteiger partial charge < -0.3 is 9.88 Å². The summed E-state index contributed by atoms with van der Waals surface area (Å²) in [6, 6.07) is 16.4. The fraction of sp³-hybridized carbons (Fsp3) is 0.0909. The number of carbonyl (C=O) groups excluding carboxylic acids is 1. The van der Waals surface area contributed by atoms with Crippen LogP contribution in [-0.2, 0) is 4.79 Å². The van der Waals surface area contributed by atoms with E-state index in [2.05, 4.69) is 21.2 Å². The van der Waals surface area contributed by atoms with Crippen molar-refractivity contribution in [1.29, 1.82) is 5.26 Å². The van der Waals surface area contributed by atoms with E-state index in [1.165, 1.54) is 0 Å². The normalized spacial score (nSPS) is 11.2. The predicted molar refractivity (Wildman–Crippen MR) is 122 cm³/mol. The SMILES string of the molecule is Cc1cc(/C=C(\C#N)C(=O)Nc2ccc(Br)cc2)c(C)n1-c1ccc(Cl)c(Cl)c1. The van der Waals surface area contributed by atoms with Crippen LogP contribution in [0.5, 0.6) is 0 Å². The van der Waals surface area contributed by atoms with Gasteiger partial charge in [-0.25, -0.2) is 0 Å². The van der Waals surface area contributed by atoms with Gasteiger partial charge in [0, 0.05) is 27.2 Å². The first-order valence-corrected chi connectivity index (χ1v) is 10.2. The van der Waals surface area contributed by atoms with Gasteiger partial charge in [-0.3, -0.25) is 4.79 Å². The minimum absolute atomic E-state index is 0.0160. The highest BCUT2D eigenvalue weighted by molar-refractivity contribution is 9.10. The molecule has 7 heteroatoms. The highest BCUT2D eigenvalue weighted by atomic mass is 79.9. The van der Waals surface area contributed by atoms with E-state index in [1.807, 2.05) is 48.7 Å². The molecule has 1 N–H and O–H groups in total. The van der Waals surface area contributed by atoms with Crippen molar-refractivity contribution in [3.8, 4) is 11.8 Å². The zero-order valence-corrected chi connectivity index (χ0v) is 18.7. The molecule has 0 fully saturated rings. The van der Waals surface area contributed by atoms with Gasteiger partial charge in [-0.1, -0.05) is 39.1 Å². The van der Waals surface area contributed by atoms with Gasteiger partial charge in [0.25, 0.3) is 5.91 Å². The summed E-state index contributed by atoms with van der Waals surface area (Å²) in [6.45, 7) is 3.86. The summed E-state index contributed by atoms with van der Waals surface area (Å²) in [5.41, 5.74) is 4.08. The number of aromatic nitrogens is 1. The number of nitriles is 1. The first-order valence-electron chi connectivity index (χ1n) is 8.63. The number of hydrogen-bond acceptors (Lipinski definition) is 2. The molecule has 3 aromatic rings. The molecule has 3 rings (SSSR count). The zero-order valence-electron chi connectivity index (χ0n) is 15.6. The van der Waals surface area contributed by atoms with E-state index >= 15 is 0 Å². The lowest BCUT2D eigenvalue weighted by Crippen LogP contribution is -2.13. The van der Waals surface area contributed by atoms with Gasteiger partial charge in [0.2, 0.25) is 0 Å². The van der Waals surface area contributed by atoms with E-state index < -0.39 is 5.91 Å². The number of anilines is 1. The Morgan fingerprint density at radius 2 is 1.79 bits per heavy atom. The number of rotatable bonds is 4. The summed E-state index contributed by atoms with van der Waals surface area (Å²) >= 11 is 15.5. The molecule has 0 saturated carbocycles. The maximum absolute atomic E-state index is 12.5. The van der Waals surface area contributed by atoms with Crippen molar-refractivity contribution < 1.29 is 4.79 Å². The molecule has 0 saturated heterocycles. The van der Waals surface area contributed by atoms with Crippen LogP contribution in [0.2, 0.25) is 10.0 Å². The summed E-state index contributed by atoms with van der Waals surface area (Å²) in [5.74, 6) is -0.464. The molecule has 0 bridgehead atoms. The Kier molecular flexibility index (Phi) is 6.49. The molecule has 0 aliphatic rings. The van der Waals surface area contributed by atoms with Gasteiger partial charge in [-0.2, -0.15) is 5.26 Å². The van der Waals surface area contributed by atoms with Crippen LogP contribution >= 0.6 is 39.1 Å². The minimum Gasteiger partial charge on any atom is -0.321 e. The molecule has 4 nitrogen and oxygen atoms in total. The first kappa shape index (κ1) is 21.2. The molecule has 0 unspecified atom stereocenters. The summed E-state index contributed by atoms with van der Waals surface area (Å²) in [4.78, 5) is 12.5. The summed E-state index contributed by atoms with van der Waals surface area (Å²) in [6.07, 6.45) is 1.59. The van der Waals surface area contributed by atoms with Crippen molar-refractivity contribution in [3.05, 3.63) is 85.6 Å². The Bertz CT molecular complexity index is 1160. The molecule has 0 atom stereocenters. The van der Waals surface area contributed by atoms with Crippen LogP contribution in [0.15, 0.2) is 58.6 Å². The summed E-state index contributed by atoms with van der Waals surface area (Å²) in [5, 5.41) is 13.2. The van der Waals surface area contributed by atoms with E-state index in [0.29, 0.717) is 15.7 Å². The zero-order chi connectivity index (χ0) is 21.1. The molecule has 0 spiro atoms. The van der Waals surface area contributed by atoms with Crippen LogP contribution in [0.25, 0.3) is 11.8 Å². The van der Waals surface area contributed by atoms with E-state index in [1.54, 1.807) is 30.3 Å². The van der Waals surface area contributed by atoms with Gasteiger partial charge in [0.15, 0.2) is 0 Å². The van der Waals surface area contributed by atoms with Crippen molar-refractivity contribution in [2.45, 2.75) is 13.8 Å². The van der Waals surface area contributed by atoms with Gasteiger partial charge >= 0.3 is 0 Å². The molecule has 2 aromatic carbocycles. The van der Waals surface area contributed by atoms with E-state index in [9.17, 15) is 10.1 Å². The van der Waals surface area contributed by atoms with Gasteiger partial charge in [-0.05, 0) is 74.0 Å². The lowest BCUT2D eigenvalue weighted by Gasteiger charge is -2.10. The van der Waals surface area contributed by atoms with Crippen LogP contribution < -0.4 is 5.32 Å². The second-order valence-electron chi connectivity index (χ2n) is 6.39. The van der Waals surface area contributed by atoms with E-state index in [4.69, 9.17) is 23.2 Å². The maximum Gasteiger partial charge on any atom is 0.266 e. The maximum atomic E-state index is 12.5. The number of benzene rings is 2. The van der Waals surface area contributed by atoms with Crippen LogP contribution in [0.1, 0.15) is 17.0 Å². The highest BCUT2D eigenvalue weighted by Gasteiger charge is 2.14. The number of hydrogen-bond donors (Lipinski definition) is 1. The molecule has 0 radical (unpaired) electrons. The average Bonchev–Trinajstić information content (AvgIpc) is 2.97. The Morgan fingerprint density at radius 1 is 1.10 bits per heavy atom. The molecule has 0 aliphatic carbocycles. The average molecular weight is 489 g/mol. The van der Waals surface area contributed by atoms with Crippen molar-refractivity contribution in [2.24, 2.45) is 0 Å². The Morgan fingerprint density at radius 3 is 2.41 bits per heavy atom. The quantitative estimate of drug-likeness (QED) is 0.327. The Balaban J connectivity index is 1.94. The number of amides is 1.